The maximum atomic E-state index is 12.2. The molecule has 2 aromatic rings. The molecule has 0 aliphatic carbocycles. The Balaban J connectivity index is 2.08. The highest BCUT2D eigenvalue weighted by Crippen LogP contribution is 2.33. The number of benzene rings is 2. The van der Waals surface area contributed by atoms with E-state index in [1.807, 2.05) is 18.2 Å². The van der Waals surface area contributed by atoms with Gasteiger partial charge in [-0.2, -0.15) is 0 Å². The smallest absolute Gasteiger partial charge is 0.323 e. The van der Waals surface area contributed by atoms with Gasteiger partial charge in [-0.15, -0.1) is 0 Å². The first kappa shape index (κ1) is 28.1. The molecule has 0 saturated carbocycles. The van der Waals surface area contributed by atoms with Gasteiger partial charge in [0.25, 0.3) is 0 Å². The van der Waals surface area contributed by atoms with Crippen molar-refractivity contribution in [2.24, 2.45) is 11.5 Å². The molecule has 0 bridgehead atoms. The van der Waals surface area contributed by atoms with E-state index < -0.39 is 35.2 Å². The highest BCUT2D eigenvalue weighted by molar-refractivity contribution is 5.76. The van der Waals surface area contributed by atoms with Crippen molar-refractivity contribution in [3.63, 3.8) is 0 Å². The van der Waals surface area contributed by atoms with Crippen LogP contribution in [0.5, 0.6) is 17.2 Å². The van der Waals surface area contributed by atoms with Crippen molar-refractivity contribution in [3.05, 3.63) is 53.6 Å². The predicted octanol–water partition coefficient (Wildman–Crippen LogP) is 3.91. The minimum Gasteiger partial charge on any atom is -0.493 e. The molecule has 0 heterocycles. The van der Waals surface area contributed by atoms with E-state index in [9.17, 15) is 9.59 Å². The second-order valence-electron chi connectivity index (χ2n) is 10.4. The molecule has 8 heteroatoms. The van der Waals surface area contributed by atoms with Gasteiger partial charge in [-0.1, -0.05) is 18.2 Å². The molecule has 0 aromatic heterocycles. The van der Waals surface area contributed by atoms with Gasteiger partial charge in [-0.05, 0) is 89.8 Å². The van der Waals surface area contributed by atoms with E-state index in [-0.39, 0.29) is 6.42 Å². The van der Waals surface area contributed by atoms with E-state index in [2.05, 4.69) is 0 Å². The van der Waals surface area contributed by atoms with Gasteiger partial charge in [0.2, 0.25) is 0 Å². The van der Waals surface area contributed by atoms with Crippen LogP contribution in [0.2, 0.25) is 0 Å². The van der Waals surface area contributed by atoms with Crippen LogP contribution < -0.4 is 20.9 Å². The molecule has 8 nitrogen and oxygen atoms in total. The lowest BCUT2D eigenvalue weighted by Gasteiger charge is -2.22. The van der Waals surface area contributed by atoms with E-state index >= 15 is 0 Å². The largest absolute Gasteiger partial charge is 0.493 e. The molecule has 0 spiro atoms. The van der Waals surface area contributed by atoms with Crippen molar-refractivity contribution >= 4 is 11.9 Å². The summed E-state index contributed by atoms with van der Waals surface area (Å²) in [6.07, 6.45) is 0.632. The molecule has 0 aliphatic rings. The first-order chi connectivity index (χ1) is 16.2. The Hall–Kier alpha value is -3.10. The standard InChI is InChI=1S/C27H38N2O6/c1-26(2,3)34-24(30)20(28)14-17-8-11-19(12-9-17)33-23-16-18(10-13-22(23)32-7)15-21(29)25(31)35-27(4,5)6/h8-13,16,20-21H,14-15,28-29H2,1-7H3/t20-,21-/m0/s1. The lowest BCUT2D eigenvalue weighted by Crippen LogP contribution is -2.38. The van der Waals surface area contributed by atoms with Gasteiger partial charge in [0, 0.05) is 0 Å². The molecule has 0 amide bonds. The zero-order valence-electron chi connectivity index (χ0n) is 21.7. The van der Waals surface area contributed by atoms with Crippen molar-refractivity contribution in [2.75, 3.05) is 7.11 Å². The van der Waals surface area contributed by atoms with E-state index in [1.54, 1.807) is 72.9 Å². The van der Waals surface area contributed by atoms with Crippen LogP contribution in [0.25, 0.3) is 0 Å². The summed E-state index contributed by atoms with van der Waals surface area (Å²) in [7, 11) is 1.55. The van der Waals surface area contributed by atoms with E-state index in [0.29, 0.717) is 23.7 Å². The number of ether oxygens (including phenoxy) is 4. The Labute approximate surface area is 207 Å². The lowest BCUT2D eigenvalue weighted by molar-refractivity contribution is -0.157. The van der Waals surface area contributed by atoms with E-state index in [4.69, 9.17) is 30.4 Å². The summed E-state index contributed by atoms with van der Waals surface area (Å²) in [4.78, 5) is 24.4. The fourth-order valence-electron chi connectivity index (χ4n) is 3.18. The maximum absolute atomic E-state index is 12.2. The molecule has 192 valence electrons. The second kappa shape index (κ2) is 11.6. The van der Waals surface area contributed by atoms with Gasteiger partial charge in [-0.25, -0.2) is 0 Å². The predicted molar refractivity (Wildman–Crippen MR) is 135 cm³/mol. The van der Waals surface area contributed by atoms with Crippen LogP contribution in [0.15, 0.2) is 42.5 Å². The van der Waals surface area contributed by atoms with E-state index in [1.165, 1.54) is 0 Å². The third-order valence-corrected chi connectivity index (χ3v) is 4.71. The fraction of sp³-hybridized carbons (Fsp3) is 0.481. The second-order valence-corrected chi connectivity index (χ2v) is 10.4. The summed E-state index contributed by atoms with van der Waals surface area (Å²) < 4.78 is 22.1. The van der Waals surface area contributed by atoms with Crippen LogP contribution in [0.3, 0.4) is 0 Å². The van der Waals surface area contributed by atoms with Crippen LogP contribution in [0, 0.1) is 0 Å². The molecule has 2 atom stereocenters. The summed E-state index contributed by atoms with van der Waals surface area (Å²) in [5, 5.41) is 0. The molecule has 2 aromatic carbocycles. The van der Waals surface area contributed by atoms with Crippen molar-refractivity contribution in [1.29, 1.82) is 0 Å². The van der Waals surface area contributed by atoms with Gasteiger partial charge in [0.05, 0.1) is 7.11 Å². The van der Waals surface area contributed by atoms with Gasteiger partial charge < -0.3 is 30.4 Å². The third kappa shape index (κ3) is 9.58. The van der Waals surface area contributed by atoms with Crippen LogP contribution in [0.1, 0.15) is 52.7 Å². The van der Waals surface area contributed by atoms with Crippen molar-refractivity contribution < 1.29 is 28.5 Å². The zero-order valence-corrected chi connectivity index (χ0v) is 21.7. The zero-order chi connectivity index (χ0) is 26.4. The Morgan fingerprint density at radius 2 is 1.20 bits per heavy atom. The summed E-state index contributed by atoms with van der Waals surface area (Å²) in [6.45, 7) is 10.8. The normalized spacial score (nSPS) is 13.5. The SMILES string of the molecule is COc1ccc(C[C@H](N)C(=O)OC(C)(C)C)cc1Oc1ccc(C[C@H](N)C(=O)OC(C)(C)C)cc1. The Morgan fingerprint density at radius 1 is 0.743 bits per heavy atom. The molecule has 0 saturated heterocycles. The quantitative estimate of drug-likeness (QED) is 0.512. The summed E-state index contributed by atoms with van der Waals surface area (Å²) in [5.41, 5.74) is 12.5. The first-order valence-corrected chi connectivity index (χ1v) is 11.6. The number of carbonyl (C=O) groups excluding carboxylic acids is 2. The fourth-order valence-corrected chi connectivity index (χ4v) is 3.18. The highest BCUT2D eigenvalue weighted by Gasteiger charge is 2.24. The monoisotopic (exact) mass is 486 g/mol. The minimum atomic E-state index is -0.802. The molecule has 0 aliphatic heterocycles. The molecule has 0 unspecified atom stereocenters. The highest BCUT2D eigenvalue weighted by atomic mass is 16.6. The van der Waals surface area contributed by atoms with Crippen LogP contribution in [-0.2, 0) is 31.9 Å². The minimum absolute atomic E-state index is 0.288. The molecule has 4 N–H and O–H groups in total. The lowest BCUT2D eigenvalue weighted by atomic mass is 10.1. The average molecular weight is 487 g/mol. The molecule has 35 heavy (non-hydrogen) atoms. The van der Waals surface area contributed by atoms with Gasteiger partial charge in [-0.3, -0.25) is 9.59 Å². The number of rotatable bonds is 9. The molecule has 0 fully saturated rings. The number of hydrogen-bond acceptors (Lipinski definition) is 8. The maximum Gasteiger partial charge on any atom is 0.323 e. The molecular formula is C27H38N2O6. The Kier molecular flexibility index (Phi) is 9.29. The van der Waals surface area contributed by atoms with Gasteiger partial charge >= 0.3 is 11.9 Å². The molecule has 2 rings (SSSR count). The third-order valence-electron chi connectivity index (χ3n) is 4.71. The topological polar surface area (TPSA) is 123 Å². The van der Waals surface area contributed by atoms with Crippen molar-refractivity contribution in [2.45, 2.75) is 77.7 Å². The first-order valence-electron chi connectivity index (χ1n) is 11.6. The number of carbonyl (C=O) groups is 2. The van der Waals surface area contributed by atoms with Crippen LogP contribution in [-0.4, -0.2) is 42.3 Å². The Bertz CT molecular complexity index is 1010. The molecule has 0 radical (unpaired) electrons. The summed E-state index contributed by atoms with van der Waals surface area (Å²) in [6, 6.07) is 11.1. The number of esters is 2. The molecular weight excluding hydrogens is 448 g/mol. The number of methoxy groups -OCH3 is 1. The van der Waals surface area contributed by atoms with Crippen LogP contribution >= 0.6 is 0 Å². The number of nitrogens with two attached hydrogens (primary N) is 2. The van der Waals surface area contributed by atoms with Crippen molar-refractivity contribution in [3.8, 4) is 17.2 Å². The van der Waals surface area contributed by atoms with Gasteiger partial charge in [0.1, 0.15) is 29.0 Å². The van der Waals surface area contributed by atoms with Gasteiger partial charge in [0.15, 0.2) is 11.5 Å². The Morgan fingerprint density at radius 3 is 1.66 bits per heavy atom. The van der Waals surface area contributed by atoms with Crippen molar-refractivity contribution in [1.82, 2.24) is 0 Å². The van der Waals surface area contributed by atoms with Crippen LogP contribution in [0.4, 0.5) is 0 Å². The van der Waals surface area contributed by atoms with E-state index in [0.717, 1.165) is 11.1 Å². The summed E-state index contributed by atoms with van der Waals surface area (Å²) in [5.74, 6) is 0.696. The average Bonchev–Trinajstić information content (AvgIpc) is 2.73. The number of hydrogen-bond donors (Lipinski definition) is 2. The summed E-state index contributed by atoms with van der Waals surface area (Å²) >= 11 is 0.